The Kier molecular flexibility index (Phi) is 4.76. The Labute approximate surface area is 122 Å². The maximum atomic E-state index is 12.0. The summed E-state index contributed by atoms with van der Waals surface area (Å²) in [5, 5.41) is 6.81. The van der Waals surface area contributed by atoms with Crippen LogP contribution in [0.15, 0.2) is 24.8 Å². The molecule has 1 aromatic carbocycles. The largest absolute Gasteiger partial charge is 0.493 e. The van der Waals surface area contributed by atoms with Crippen LogP contribution in [-0.4, -0.2) is 34.9 Å². The minimum atomic E-state index is -0.0965. The van der Waals surface area contributed by atoms with E-state index < -0.39 is 0 Å². The van der Waals surface area contributed by atoms with E-state index in [0.29, 0.717) is 30.2 Å². The molecule has 1 heterocycles. The van der Waals surface area contributed by atoms with Crippen LogP contribution < -0.4 is 14.8 Å². The average Bonchev–Trinajstić information content (AvgIpc) is 3.00. The van der Waals surface area contributed by atoms with Gasteiger partial charge in [-0.15, -0.1) is 0 Å². The lowest BCUT2D eigenvalue weighted by Gasteiger charge is -2.13. The summed E-state index contributed by atoms with van der Waals surface area (Å²) in [6, 6.07) is 3.58. The lowest BCUT2D eigenvalue weighted by atomic mass is 10.1. The molecule has 0 aliphatic carbocycles. The SMILES string of the molecule is COc1cc(C)c(NC(=O)CCn2cncn2)cc1OC. The number of rotatable bonds is 6. The second-order valence-electron chi connectivity index (χ2n) is 4.48. The Hall–Kier alpha value is -2.57. The molecule has 1 aromatic heterocycles. The quantitative estimate of drug-likeness (QED) is 0.875. The number of aryl methyl sites for hydroxylation is 2. The Balaban J connectivity index is 2.03. The van der Waals surface area contributed by atoms with E-state index in [0.717, 1.165) is 5.56 Å². The number of nitrogens with zero attached hydrogens (tertiary/aromatic N) is 3. The lowest BCUT2D eigenvalue weighted by Crippen LogP contribution is -2.15. The summed E-state index contributed by atoms with van der Waals surface area (Å²) in [5.74, 6) is 1.12. The molecule has 0 radical (unpaired) electrons. The fourth-order valence-corrected chi connectivity index (χ4v) is 1.89. The van der Waals surface area contributed by atoms with Gasteiger partial charge in [0, 0.05) is 18.2 Å². The second-order valence-corrected chi connectivity index (χ2v) is 4.48. The van der Waals surface area contributed by atoms with Crippen molar-refractivity contribution >= 4 is 11.6 Å². The third-order valence-electron chi connectivity index (χ3n) is 3.04. The first-order chi connectivity index (χ1) is 10.1. The number of ether oxygens (including phenoxy) is 2. The smallest absolute Gasteiger partial charge is 0.226 e. The molecule has 1 amide bonds. The van der Waals surface area contributed by atoms with E-state index in [-0.39, 0.29) is 5.91 Å². The molecule has 7 heteroatoms. The molecule has 112 valence electrons. The highest BCUT2D eigenvalue weighted by Crippen LogP contribution is 2.32. The van der Waals surface area contributed by atoms with Gasteiger partial charge in [-0.05, 0) is 18.6 Å². The average molecular weight is 290 g/mol. The first-order valence-electron chi connectivity index (χ1n) is 6.49. The highest BCUT2D eigenvalue weighted by atomic mass is 16.5. The molecule has 0 spiro atoms. The first kappa shape index (κ1) is 14.8. The lowest BCUT2D eigenvalue weighted by molar-refractivity contribution is -0.116. The van der Waals surface area contributed by atoms with Crippen molar-refractivity contribution in [3.05, 3.63) is 30.4 Å². The van der Waals surface area contributed by atoms with E-state index in [2.05, 4.69) is 15.4 Å². The van der Waals surface area contributed by atoms with Crippen LogP contribution in [0.4, 0.5) is 5.69 Å². The summed E-state index contributed by atoms with van der Waals surface area (Å²) in [7, 11) is 3.14. The van der Waals surface area contributed by atoms with Crippen LogP contribution in [0.2, 0.25) is 0 Å². The Morgan fingerprint density at radius 3 is 2.62 bits per heavy atom. The summed E-state index contributed by atoms with van der Waals surface area (Å²) < 4.78 is 12.1. The van der Waals surface area contributed by atoms with Gasteiger partial charge in [0.1, 0.15) is 12.7 Å². The van der Waals surface area contributed by atoms with E-state index in [1.54, 1.807) is 31.3 Å². The summed E-state index contributed by atoms with van der Waals surface area (Å²) in [6.45, 7) is 2.38. The third kappa shape index (κ3) is 3.71. The van der Waals surface area contributed by atoms with Crippen molar-refractivity contribution in [3.8, 4) is 11.5 Å². The number of benzene rings is 1. The molecule has 0 saturated heterocycles. The van der Waals surface area contributed by atoms with E-state index in [4.69, 9.17) is 9.47 Å². The molecule has 0 saturated carbocycles. The van der Waals surface area contributed by atoms with Crippen LogP contribution in [0.3, 0.4) is 0 Å². The fourth-order valence-electron chi connectivity index (χ4n) is 1.89. The molecule has 21 heavy (non-hydrogen) atoms. The van der Waals surface area contributed by atoms with E-state index in [1.165, 1.54) is 6.33 Å². The zero-order valence-electron chi connectivity index (χ0n) is 12.3. The van der Waals surface area contributed by atoms with Gasteiger partial charge in [-0.2, -0.15) is 5.10 Å². The van der Waals surface area contributed by atoms with Crippen LogP contribution >= 0.6 is 0 Å². The Morgan fingerprint density at radius 2 is 2.00 bits per heavy atom. The molecule has 0 atom stereocenters. The van der Waals surface area contributed by atoms with Crippen LogP contribution in [0.5, 0.6) is 11.5 Å². The number of carbonyl (C=O) groups excluding carboxylic acids is 1. The van der Waals surface area contributed by atoms with Crippen molar-refractivity contribution in [1.82, 2.24) is 14.8 Å². The van der Waals surface area contributed by atoms with Gasteiger partial charge >= 0.3 is 0 Å². The van der Waals surface area contributed by atoms with Gasteiger partial charge in [0.05, 0.1) is 20.8 Å². The maximum Gasteiger partial charge on any atom is 0.226 e. The Bertz CT molecular complexity index is 611. The molecule has 0 bridgehead atoms. The number of hydrogen-bond acceptors (Lipinski definition) is 5. The van der Waals surface area contributed by atoms with Crippen molar-refractivity contribution < 1.29 is 14.3 Å². The number of amides is 1. The molecule has 2 rings (SSSR count). The number of methoxy groups -OCH3 is 2. The van der Waals surface area contributed by atoms with Gasteiger partial charge in [-0.25, -0.2) is 4.98 Å². The molecule has 1 N–H and O–H groups in total. The molecular formula is C14H18N4O3. The molecule has 0 fully saturated rings. The van der Waals surface area contributed by atoms with E-state index >= 15 is 0 Å². The van der Waals surface area contributed by atoms with Gasteiger partial charge in [0.15, 0.2) is 11.5 Å². The zero-order valence-corrected chi connectivity index (χ0v) is 12.3. The Morgan fingerprint density at radius 1 is 1.29 bits per heavy atom. The number of aromatic nitrogens is 3. The van der Waals surface area contributed by atoms with Gasteiger partial charge in [0.25, 0.3) is 0 Å². The van der Waals surface area contributed by atoms with Gasteiger partial charge in [0.2, 0.25) is 5.91 Å². The molecule has 0 aliphatic rings. The highest BCUT2D eigenvalue weighted by Gasteiger charge is 2.11. The van der Waals surface area contributed by atoms with Gasteiger partial charge in [-0.3, -0.25) is 9.48 Å². The second kappa shape index (κ2) is 6.74. The molecule has 0 unspecified atom stereocenters. The molecule has 0 aliphatic heterocycles. The number of carbonyl (C=O) groups is 1. The third-order valence-corrected chi connectivity index (χ3v) is 3.04. The minimum Gasteiger partial charge on any atom is -0.493 e. The van der Waals surface area contributed by atoms with Gasteiger partial charge < -0.3 is 14.8 Å². The summed E-state index contributed by atoms with van der Waals surface area (Å²) in [5.41, 5.74) is 1.61. The predicted molar refractivity (Wildman–Crippen MR) is 77.6 cm³/mol. The molecule has 7 nitrogen and oxygen atoms in total. The summed E-state index contributed by atoms with van der Waals surface area (Å²) >= 11 is 0. The van der Waals surface area contributed by atoms with Crippen LogP contribution in [-0.2, 0) is 11.3 Å². The van der Waals surface area contributed by atoms with Crippen molar-refractivity contribution in [2.24, 2.45) is 0 Å². The van der Waals surface area contributed by atoms with Crippen molar-refractivity contribution in [2.75, 3.05) is 19.5 Å². The normalized spacial score (nSPS) is 10.2. The van der Waals surface area contributed by atoms with Crippen molar-refractivity contribution in [2.45, 2.75) is 19.9 Å². The molecule has 2 aromatic rings. The van der Waals surface area contributed by atoms with Crippen LogP contribution in [0, 0.1) is 6.92 Å². The van der Waals surface area contributed by atoms with Crippen molar-refractivity contribution in [1.29, 1.82) is 0 Å². The summed E-state index contributed by atoms with van der Waals surface area (Å²) in [6.07, 6.45) is 3.34. The fraction of sp³-hybridized carbons (Fsp3) is 0.357. The topological polar surface area (TPSA) is 78.3 Å². The van der Waals surface area contributed by atoms with Crippen LogP contribution in [0.1, 0.15) is 12.0 Å². The highest BCUT2D eigenvalue weighted by molar-refractivity contribution is 5.91. The number of nitrogens with one attached hydrogen (secondary N) is 1. The van der Waals surface area contributed by atoms with Crippen molar-refractivity contribution in [3.63, 3.8) is 0 Å². The summed E-state index contributed by atoms with van der Waals surface area (Å²) in [4.78, 5) is 15.8. The van der Waals surface area contributed by atoms with Gasteiger partial charge in [-0.1, -0.05) is 0 Å². The minimum absolute atomic E-state index is 0.0965. The number of hydrogen-bond donors (Lipinski definition) is 1. The number of anilines is 1. The van der Waals surface area contributed by atoms with Crippen LogP contribution in [0.25, 0.3) is 0 Å². The maximum absolute atomic E-state index is 12.0. The standard InChI is InChI=1S/C14H18N4O3/c1-10-6-12(20-2)13(21-3)7-11(10)17-14(19)4-5-18-9-15-8-16-18/h6-9H,4-5H2,1-3H3,(H,17,19). The zero-order chi connectivity index (χ0) is 15.2. The van der Waals surface area contributed by atoms with E-state index in [1.807, 2.05) is 13.0 Å². The monoisotopic (exact) mass is 290 g/mol. The molecular weight excluding hydrogens is 272 g/mol. The predicted octanol–water partition coefficient (Wildman–Crippen LogP) is 1.63. The van der Waals surface area contributed by atoms with E-state index in [9.17, 15) is 4.79 Å². The first-order valence-corrected chi connectivity index (χ1v) is 6.49.